The largest absolute Gasteiger partial charge is 0.397 e. The van der Waals surface area contributed by atoms with Gasteiger partial charge in [-0.1, -0.05) is 11.6 Å². The lowest BCUT2D eigenvalue weighted by Gasteiger charge is -1.99. The summed E-state index contributed by atoms with van der Waals surface area (Å²) in [5.41, 5.74) is 7.35. The van der Waals surface area contributed by atoms with Gasteiger partial charge in [-0.2, -0.15) is 5.10 Å². The summed E-state index contributed by atoms with van der Waals surface area (Å²) in [7, 11) is 1.84. The molecule has 0 radical (unpaired) electrons. The number of nitrogen functional groups attached to an aromatic ring is 1. The highest BCUT2D eigenvalue weighted by atomic mass is 35.5. The molecule has 12 heavy (non-hydrogen) atoms. The van der Waals surface area contributed by atoms with E-state index in [0.29, 0.717) is 10.7 Å². The molecule has 1 heterocycles. The van der Waals surface area contributed by atoms with Gasteiger partial charge in [-0.3, -0.25) is 4.68 Å². The second-order valence-electron chi connectivity index (χ2n) is 2.67. The average Bonchev–Trinajstić information content (AvgIpc) is 2.42. The van der Waals surface area contributed by atoms with Gasteiger partial charge in [-0.05, 0) is 12.1 Å². The van der Waals surface area contributed by atoms with Crippen molar-refractivity contribution in [2.45, 2.75) is 0 Å². The van der Waals surface area contributed by atoms with Crippen LogP contribution in [0.1, 0.15) is 0 Å². The summed E-state index contributed by atoms with van der Waals surface area (Å²) in [5.74, 6) is 0. The van der Waals surface area contributed by atoms with E-state index >= 15 is 0 Å². The summed E-state index contributed by atoms with van der Waals surface area (Å²) in [6.45, 7) is 0. The first-order valence-corrected chi connectivity index (χ1v) is 3.93. The maximum atomic E-state index is 5.93. The third kappa shape index (κ3) is 0.865. The molecule has 1 aromatic carbocycles. The van der Waals surface area contributed by atoms with E-state index in [4.69, 9.17) is 17.3 Å². The summed E-state index contributed by atoms with van der Waals surface area (Å²) in [5, 5.41) is 5.66. The van der Waals surface area contributed by atoms with E-state index < -0.39 is 0 Å². The number of nitrogens with zero attached hydrogens (tertiary/aromatic N) is 2. The van der Waals surface area contributed by atoms with Crippen LogP contribution in [0, 0.1) is 0 Å². The van der Waals surface area contributed by atoms with Crippen LogP contribution in [0.25, 0.3) is 10.9 Å². The van der Waals surface area contributed by atoms with Crippen LogP contribution in [-0.4, -0.2) is 9.78 Å². The quantitative estimate of drug-likeness (QED) is 0.630. The van der Waals surface area contributed by atoms with Crippen LogP contribution in [-0.2, 0) is 7.05 Å². The summed E-state index contributed by atoms with van der Waals surface area (Å²) < 4.78 is 1.72. The van der Waals surface area contributed by atoms with Crippen molar-refractivity contribution in [2.75, 3.05) is 5.73 Å². The number of hydrogen-bond acceptors (Lipinski definition) is 2. The van der Waals surface area contributed by atoms with E-state index in [0.717, 1.165) is 10.9 Å². The number of halogens is 1. The summed E-state index contributed by atoms with van der Waals surface area (Å²) in [6.07, 6.45) is 1.72. The number of fused-ring (bicyclic) bond motifs is 1. The summed E-state index contributed by atoms with van der Waals surface area (Å²) in [4.78, 5) is 0. The van der Waals surface area contributed by atoms with Crippen LogP contribution in [0.3, 0.4) is 0 Å². The van der Waals surface area contributed by atoms with E-state index in [1.54, 1.807) is 23.0 Å². The van der Waals surface area contributed by atoms with E-state index in [1.807, 2.05) is 7.05 Å². The maximum absolute atomic E-state index is 5.93. The highest BCUT2D eigenvalue weighted by Crippen LogP contribution is 2.26. The lowest BCUT2D eigenvalue weighted by molar-refractivity contribution is 0.798. The number of benzene rings is 1. The van der Waals surface area contributed by atoms with Gasteiger partial charge >= 0.3 is 0 Å². The molecule has 3 nitrogen and oxygen atoms in total. The summed E-state index contributed by atoms with van der Waals surface area (Å²) >= 11 is 5.93. The predicted molar refractivity (Wildman–Crippen MR) is 50.1 cm³/mol. The number of anilines is 1. The Morgan fingerprint density at radius 3 is 2.92 bits per heavy atom. The van der Waals surface area contributed by atoms with Crippen LogP contribution in [0.15, 0.2) is 18.3 Å². The van der Waals surface area contributed by atoms with Crippen molar-refractivity contribution < 1.29 is 0 Å². The smallest absolute Gasteiger partial charge is 0.0923 e. The molecule has 0 bridgehead atoms. The van der Waals surface area contributed by atoms with Crippen LogP contribution >= 0.6 is 11.6 Å². The molecule has 2 rings (SSSR count). The first-order valence-electron chi connectivity index (χ1n) is 3.56. The second kappa shape index (κ2) is 2.38. The van der Waals surface area contributed by atoms with Crippen molar-refractivity contribution in [2.24, 2.45) is 7.05 Å². The van der Waals surface area contributed by atoms with E-state index in [-0.39, 0.29) is 0 Å². The van der Waals surface area contributed by atoms with Gasteiger partial charge in [0.25, 0.3) is 0 Å². The summed E-state index contributed by atoms with van der Waals surface area (Å²) in [6, 6.07) is 3.56. The minimum atomic E-state index is 0.687. The zero-order valence-corrected chi connectivity index (χ0v) is 7.34. The SMILES string of the molecule is Cn1ncc2c(Cl)ccc(N)c21. The van der Waals surface area contributed by atoms with Crippen LogP contribution in [0.5, 0.6) is 0 Å². The third-order valence-electron chi connectivity index (χ3n) is 1.88. The number of hydrogen-bond donors (Lipinski definition) is 1. The molecule has 0 unspecified atom stereocenters. The predicted octanol–water partition coefficient (Wildman–Crippen LogP) is 1.81. The standard InChI is InChI=1S/C8H8ClN3/c1-12-8-5(4-11-12)6(9)2-3-7(8)10/h2-4H,10H2,1H3. The molecule has 0 aliphatic carbocycles. The number of nitrogens with two attached hydrogens (primary N) is 1. The monoisotopic (exact) mass is 181 g/mol. The molecule has 1 aromatic heterocycles. The molecule has 62 valence electrons. The number of aryl methyl sites for hydroxylation is 1. The van der Waals surface area contributed by atoms with Crippen LogP contribution in [0.4, 0.5) is 5.69 Å². The van der Waals surface area contributed by atoms with E-state index in [9.17, 15) is 0 Å². The lowest BCUT2D eigenvalue weighted by Crippen LogP contribution is -1.94. The van der Waals surface area contributed by atoms with Crippen molar-refractivity contribution in [1.82, 2.24) is 9.78 Å². The van der Waals surface area contributed by atoms with Gasteiger partial charge < -0.3 is 5.73 Å². The third-order valence-corrected chi connectivity index (χ3v) is 2.21. The van der Waals surface area contributed by atoms with Gasteiger partial charge in [0.2, 0.25) is 0 Å². The van der Waals surface area contributed by atoms with Crippen molar-refractivity contribution in [1.29, 1.82) is 0 Å². The van der Waals surface area contributed by atoms with Crippen LogP contribution < -0.4 is 5.73 Å². The molecule has 4 heteroatoms. The zero-order valence-electron chi connectivity index (χ0n) is 6.58. The Bertz CT molecular complexity index is 433. The van der Waals surface area contributed by atoms with Gasteiger partial charge in [-0.15, -0.1) is 0 Å². The molecule has 0 saturated heterocycles. The van der Waals surface area contributed by atoms with Crippen molar-refractivity contribution in [3.63, 3.8) is 0 Å². The van der Waals surface area contributed by atoms with Gasteiger partial charge in [0.1, 0.15) is 0 Å². The van der Waals surface area contributed by atoms with Crippen molar-refractivity contribution in [3.8, 4) is 0 Å². The first-order chi connectivity index (χ1) is 5.70. The molecule has 0 aliphatic heterocycles. The molecular formula is C8H8ClN3. The fraction of sp³-hybridized carbons (Fsp3) is 0.125. The maximum Gasteiger partial charge on any atom is 0.0923 e. The van der Waals surface area contributed by atoms with Gasteiger partial charge in [0.05, 0.1) is 22.4 Å². The second-order valence-corrected chi connectivity index (χ2v) is 3.07. The minimum Gasteiger partial charge on any atom is -0.397 e. The Labute approximate surface area is 74.7 Å². The molecule has 0 aliphatic rings. The Hall–Kier alpha value is -1.22. The fourth-order valence-corrected chi connectivity index (χ4v) is 1.49. The molecule has 2 aromatic rings. The molecule has 0 spiro atoms. The zero-order chi connectivity index (χ0) is 8.72. The highest BCUT2D eigenvalue weighted by Gasteiger charge is 2.05. The van der Waals surface area contributed by atoms with Crippen molar-refractivity contribution in [3.05, 3.63) is 23.4 Å². The average molecular weight is 182 g/mol. The topological polar surface area (TPSA) is 43.8 Å². The van der Waals surface area contributed by atoms with E-state index in [1.165, 1.54) is 0 Å². The van der Waals surface area contributed by atoms with E-state index in [2.05, 4.69) is 5.10 Å². The Morgan fingerprint density at radius 2 is 2.25 bits per heavy atom. The Balaban J connectivity index is 2.98. The molecule has 0 atom stereocenters. The molecule has 0 amide bonds. The minimum absolute atomic E-state index is 0.687. The molecule has 2 N–H and O–H groups in total. The van der Waals surface area contributed by atoms with Gasteiger partial charge in [0, 0.05) is 12.4 Å². The first kappa shape index (κ1) is 7.43. The molecule has 0 fully saturated rings. The normalized spacial score (nSPS) is 10.8. The Kier molecular flexibility index (Phi) is 1.48. The van der Waals surface area contributed by atoms with Crippen molar-refractivity contribution >= 4 is 28.2 Å². The number of aromatic nitrogens is 2. The van der Waals surface area contributed by atoms with Gasteiger partial charge in [-0.25, -0.2) is 0 Å². The highest BCUT2D eigenvalue weighted by molar-refractivity contribution is 6.35. The lowest BCUT2D eigenvalue weighted by atomic mass is 10.2. The molecular weight excluding hydrogens is 174 g/mol. The van der Waals surface area contributed by atoms with Gasteiger partial charge in [0.15, 0.2) is 0 Å². The Morgan fingerprint density at radius 1 is 1.50 bits per heavy atom. The fourth-order valence-electron chi connectivity index (χ4n) is 1.29. The number of rotatable bonds is 0. The van der Waals surface area contributed by atoms with Crippen LogP contribution in [0.2, 0.25) is 5.02 Å². The molecule has 0 saturated carbocycles.